The van der Waals surface area contributed by atoms with E-state index in [0.717, 1.165) is 6.42 Å². The van der Waals surface area contributed by atoms with E-state index < -0.39 is 6.29 Å². The van der Waals surface area contributed by atoms with Gasteiger partial charge in [-0.1, -0.05) is 45.4 Å². The predicted molar refractivity (Wildman–Crippen MR) is 55.6 cm³/mol. The van der Waals surface area contributed by atoms with Gasteiger partial charge in [0.05, 0.1) is 0 Å². The normalized spacial score (nSPS) is 13.2. The molecule has 0 aromatic rings. The van der Waals surface area contributed by atoms with Crippen LogP contribution in [-0.2, 0) is 4.74 Å². The molecule has 0 fully saturated rings. The van der Waals surface area contributed by atoms with Crippen LogP contribution in [0.4, 0.5) is 0 Å². The van der Waals surface area contributed by atoms with Gasteiger partial charge in [0.15, 0.2) is 6.29 Å². The monoisotopic (exact) mass is 188 g/mol. The Balaban J connectivity index is 2.84. The Labute approximate surface area is 82.3 Å². The Bertz CT molecular complexity index is 92.1. The minimum Gasteiger partial charge on any atom is -0.368 e. The number of aliphatic hydroxyl groups is 1. The van der Waals surface area contributed by atoms with Gasteiger partial charge in [-0.05, 0) is 13.3 Å². The highest BCUT2D eigenvalue weighted by atomic mass is 16.6. The molecule has 80 valence electrons. The standard InChI is InChI=1S/C11H24O2/c1-3-4-5-6-7-8-9-10-13-11(2)12/h11-12H,3-10H2,1-2H3. The summed E-state index contributed by atoms with van der Waals surface area (Å²) in [5, 5.41) is 8.80. The van der Waals surface area contributed by atoms with Crippen LogP contribution >= 0.6 is 0 Å². The van der Waals surface area contributed by atoms with Gasteiger partial charge in [-0.15, -0.1) is 0 Å². The maximum Gasteiger partial charge on any atom is 0.151 e. The molecule has 1 N–H and O–H groups in total. The van der Waals surface area contributed by atoms with Crippen molar-refractivity contribution < 1.29 is 9.84 Å². The van der Waals surface area contributed by atoms with Crippen molar-refractivity contribution in [2.24, 2.45) is 0 Å². The van der Waals surface area contributed by atoms with Crippen LogP contribution in [0.3, 0.4) is 0 Å². The molecule has 0 aliphatic rings. The van der Waals surface area contributed by atoms with E-state index in [1.807, 2.05) is 0 Å². The quantitative estimate of drug-likeness (QED) is 0.445. The summed E-state index contributed by atoms with van der Waals surface area (Å²) in [6, 6.07) is 0. The smallest absolute Gasteiger partial charge is 0.151 e. The third-order valence-corrected chi connectivity index (χ3v) is 2.11. The molecule has 1 unspecified atom stereocenters. The number of ether oxygens (including phenoxy) is 1. The molecule has 13 heavy (non-hydrogen) atoms. The van der Waals surface area contributed by atoms with Gasteiger partial charge in [0, 0.05) is 6.61 Å². The Morgan fingerprint density at radius 2 is 1.54 bits per heavy atom. The molecule has 1 atom stereocenters. The number of aliphatic hydroxyl groups excluding tert-OH is 1. The lowest BCUT2D eigenvalue weighted by Gasteiger charge is -2.05. The summed E-state index contributed by atoms with van der Waals surface area (Å²) in [7, 11) is 0. The van der Waals surface area contributed by atoms with E-state index in [4.69, 9.17) is 9.84 Å². The van der Waals surface area contributed by atoms with Gasteiger partial charge in [-0.2, -0.15) is 0 Å². The zero-order valence-electron chi connectivity index (χ0n) is 9.09. The van der Waals surface area contributed by atoms with Crippen molar-refractivity contribution in [3.8, 4) is 0 Å². The molecule has 0 radical (unpaired) electrons. The van der Waals surface area contributed by atoms with Crippen LogP contribution in [0.25, 0.3) is 0 Å². The third kappa shape index (κ3) is 11.9. The van der Waals surface area contributed by atoms with Crippen molar-refractivity contribution >= 4 is 0 Å². The summed E-state index contributed by atoms with van der Waals surface area (Å²) in [4.78, 5) is 0. The first-order chi connectivity index (χ1) is 6.27. The SMILES string of the molecule is CCCCCCCCCOC(C)O. The predicted octanol–water partition coefficient (Wildman–Crippen LogP) is 3.09. The summed E-state index contributed by atoms with van der Waals surface area (Å²) in [6.07, 6.45) is 8.42. The molecule has 0 bridgehead atoms. The molecule has 2 nitrogen and oxygen atoms in total. The zero-order chi connectivity index (χ0) is 9.94. The Hall–Kier alpha value is -0.0800. The van der Waals surface area contributed by atoms with Gasteiger partial charge in [0.2, 0.25) is 0 Å². The van der Waals surface area contributed by atoms with Crippen LogP contribution in [0, 0.1) is 0 Å². The molecule has 0 saturated carbocycles. The van der Waals surface area contributed by atoms with Crippen LogP contribution in [0.5, 0.6) is 0 Å². The largest absolute Gasteiger partial charge is 0.368 e. The molecule has 0 heterocycles. The van der Waals surface area contributed by atoms with Gasteiger partial charge in [-0.3, -0.25) is 0 Å². The first kappa shape index (κ1) is 12.9. The second kappa shape index (κ2) is 10.0. The van der Waals surface area contributed by atoms with Crippen molar-refractivity contribution in [3.63, 3.8) is 0 Å². The maximum atomic E-state index is 8.80. The van der Waals surface area contributed by atoms with Crippen molar-refractivity contribution in [2.75, 3.05) is 6.61 Å². The number of hydrogen-bond donors (Lipinski definition) is 1. The summed E-state index contributed by atoms with van der Waals surface area (Å²) in [6.45, 7) is 4.59. The third-order valence-electron chi connectivity index (χ3n) is 2.11. The fourth-order valence-corrected chi connectivity index (χ4v) is 1.31. The average Bonchev–Trinajstić information content (AvgIpc) is 2.09. The van der Waals surface area contributed by atoms with Gasteiger partial charge in [0.1, 0.15) is 0 Å². The van der Waals surface area contributed by atoms with E-state index in [1.165, 1.54) is 38.5 Å². The van der Waals surface area contributed by atoms with Crippen LogP contribution < -0.4 is 0 Å². The van der Waals surface area contributed by atoms with Gasteiger partial charge in [0.25, 0.3) is 0 Å². The van der Waals surface area contributed by atoms with E-state index in [9.17, 15) is 0 Å². The van der Waals surface area contributed by atoms with E-state index in [-0.39, 0.29) is 0 Å². The lowest BCUT2D eigenvalue weighted by Crippen LogP contribution is -2.06. The number of hydrogen-bond acceptors (Lipinski definition) is 2. The molecule has 0 rings (SSSR count). The summed E-state index contributed by atoms with van der Waals surface area (Å²) in [5.41, 5.74) is 0. The summed E-state index contributed by atoms with van der Waals surface area (Å²) < 4.78 is 5.03. The first-order valence-corrected chi connectivity index (χ1v) is 5.57. The van der Waals surface area contributed by atoms with Crippen LogP contribution in [-0.4, -0.2) is 18.0 Å². The first-order valence-electron chi connectivity index (χ1n) is 5.57. The van der Waals surface area contributed by atoms with E-state index in [2.05, 4.69) is 6.92 Å². The maximum absolute atomic E-state index is 8.80. The van der Waals surface area contributed by atoms with Crippen LogP contribution in [0.1, 0.15) is 58.8 Å². The minimum absolute atomic E-state index is 0.597. The summed E-state index contributed by atoms with van der Waals surface area (Å²) >= 11 is 0. The van der Waals surface area contributed by atoms with E-state index in [0.29, 0.717) is 6.61 Å². The highest BCUT2D eigenvalue weighted by Crippen LogP contribution is 2.06. The fraction of sp³-hybridized carbons (Fsp3) is 1.00. The van der Waals surface area contributed by atoms with Crippen molar-refractivity contribution in [2.45, 2.75) is 65.1 Å². The average molecular weight is 188 g/mol. The molecule has 0 spiro atoms. The fourth-order valence-electron chi connectivity index (χ4n) is 1.31. The van der Waals surface area contributed by atoms with Crippen LogP contribution in [0.2, 0.25) is 0 Å². The second-order valence-electron chi connectivity index (χ2n) is 3.59. The zero-order valence-corrected chi connectivity index (χ0v) is 9.09. The van der Waals surface area contributed by atoms with Crippen molar-refractivity contribution in [1.29, 1.82) is 0 Å². The van der Waals surface area contributed by atoms with Crippen LogP contribution in [0.15, 0.2) is 0 Å². The highest BCUT2D eigenvalue weighted by molar-refractivity contribution is 4.44. The molecular formula is C11H24O2. The lowest BCUT2D eigenvalue weighted by atomic mass is 10.1. The lowest BCUT2D eigenvalue weighted by molar-refractivity contribution is -0.0859. The molecule has 2 heteroatoms. The molecule has 0 amide bonds. The summed E-state index contributed by atoms with van der Waals surface area (Å²) in [5.74, 6) is 0. The number of rotatable bonds is 9. The van der Waals surface area contributed by atoms with Crippen molar-refractivity contribution in [3.05, 3.63) is 0 Å². The molecule has 0 aliphatic heterocycles. The topological polar surface area (TPSA) is 29.5 Å². The highest BCUT2D eigenvalue weighted by Gasteiger charge is 1.94. The molecule has 0 saturated heterocycles. The van der Waals surface area contributed by atoms with Gasteiger partial charge >= 0.3 is 0 Å². The molecule has 0 aliphatic carbocycles. The van der Waals surface area contributed by atoms with E-state index >= 15 is 0 Å². The van der Waals surface area contributed by atoms with Crippen molar-refractivity contribution in [1.82, 2.24) is 0 Å². The molecule has 0 aromatic carbocycles. The minimum atomic E-state index is -0.597. The number of unbranched alkanes of at least 4 members (excludes halogenated alkanes) is 6. The Kier molecular flexibility index (Phi) is 9.94. The van der Waals surface area contributed by atoms with Gasteiger partial charge < -0.3 is 9.84 Å². The molecular weight excluding hydrogens is 164 g/mol. The Morgan fingerprint density at radius 3 is 2.08 bits per heavy atom. The van der Waals surface area contributed by atoms with Gasteiger partial charge in [-0.25, -0.2) is 0 Å². The second-order valence-corrected chi connectivity index (χ2v) is 3.59. The Morgan fingerprint density at radius 1 is 1.00 bits per heavy atom. The van der Waals surface area contributed by atoms with E-state index in [1.54, 1.807) is 6.92 Å². The molecule has 0 aromatic heterocycles.